The smallest absolute Gasteiger partial charge is 0.338 e. The average Bonchev–Trinajstić information content (AvgIpc) is 3.07. The Bertz CT molecular complexity index is 1070. The zero-order chi connectivity index (χ0) is 20.4. The molecule has 0 unspecified atom stereocenters. The maximum absolute atomic E-state index is 12.8. The van der Waals surface area contributed by atoms with E-state index in [1.807, 2.05) is 31.2 Å². The number of benzene rings is 2. The van der Waals surface area contributed by atoms with Crippen molar-refractivity contribution in [3.63, 3.8) is 0 Å². The molecule has 0 saturated heterocycles. The molecule has 0 aliphatic carbocycles. The normalized spacial score (nSPS) is 16.3. The van der Waals surface area contributed by atoms with Gasteiger partial charge in [-0.15, -0.1) is 16.9 Å². The van der Waals surface area contributed by atoms with Crippen LogP contribution >= 0.6 is 11.8 Å². The molecule has 7 nitrogen and oxygen atoms in total. The fourth-order valence-corrected chi connectivity index (χ4v) is 4.48. The third-order valence-corrected chi connectivity index (χ3v) is 6.16. The summed E-state index contributed by atoms with van der Waals surface area (Å²) in [7, 11) is 0. The van der Waals surface area contributed by atoms with Crippen LogP contribution in [-0.2, 0) is 16.1 Å². The lowest BCUT2D eigenvalue weighted by Crippen LogP contribution is -2.35. The fourth-order valence-electron chi connectivity index (χ4n) is 3.37. The highest BCUT2D eigenvalue weighted by Gasteiger charge is 2.25. The molecule has 0 radical (unpaired) electrons. The number of anilines is 1. The number of nitrogens with zero attached hydrogens (tertiary/aromatic N) is 4. The number of rotatable bonds is 4. The molecule has 150 valence electrons. The molecule has 1 atom stereocenters. The van der Waals surface area contributed by atoms with Gasteiger partial charge in [-0.2, -0.15) is 0 Å². The van der Waals surface area contributed by atoms with Gasteiger partial charge in [0.1, 0.15) is 5.52 Å². The summed E-state index contributed by atoms with van der Waals surface area (Å²) in [6.07, 6.45) is 0.878. The first-order valence-electron chi connectivity index (χ1n) is 9.63. The van der Waals surface area contributed by atoms with Gasteiger partial charge in [-0.1, -0.05) is 24.3 Å². The van der Waals surface area contributed by atoms with Gasteiger partial charge in [0.15, 0.2) is 6.61 Å². The SMILES string of the molecule is CCn1nnc2cc(C(=O)OCC(=O)N3CC[C@@H](C)Sc4ccccc43)ccc21. The molecule has 29 heavy (non-hydrogen) atoms. The molecule has 0 N–H and O–H groups in total. The minimum Gasteiger partial charge on any atom is -0.452 e. The van der Waals surface area contributed by atoms with Crippen molar-refractivity contribution in [2.45, 2.75) is 37.0 Å². The Morgan fingerprint density at radius 3 is 2.90 bits per heavy atom. The molecule has 1 aliphatic heterocycles. The number of hydrogen-bond donors (Lipinski definition) is 0. The highest BCUT2D eigenvalue weighted by Crippen LogP contribution is 2.37. The van der Waals surface area contributed by atoms with E-state index in [0.717, 1.165) is 22.5 Å². The second-order valence-electron chi connectivity index (χ2n) is 6.92. The zero-order valence-corrected chi connectivity index (χ0v) is 17.2. The van der Waals surface area contributed by atoms with Crippen LogP contribution < -0.4 is 4.90 Å². The summed E-state index contributed by atoms with van der Waals surface area (Å²) in [5.41, 5.74) is 2.71. The predicted molar refractivity (Wildman–Crippen MR) is 112 cm³/mol. The molecule has 1 aromatic heterocycles. The topological polar surface area (TPSA) is 77.3 Å². The maximum atomic E-state index is 12.8. The Balaban J connectivity index is 1.46. The highest BCUT2D eigenvalue weighted by molar-refractivity contribution is 8.00. The summed E-state index contributed by atoms with van der Waals surface area (Å²) < 4.78 is 7.07. The Labute approximate surface area is 173 Å². The van der Waals surface area contributed by atoms with Gasteiger partial charge in [-0.3, -0.25) is 4.79 Å². The van der Waals surface area contributed by atoms with Crippen LogP contribution in [0, 0.1) is 0 Å². The van der Waals surface area contributed by atoms with Crippen LogP contribution in [0.2, 0.25) is 0 Å². The lowest BCUT2D eigenvalue weighted by molar-refractivity contribution is -0.121. The van der Waals surface area contributed by atoms with E-state index in [1.54, 1.807) is 39.5 Å². The van der Waals surface area contributed by atoms with E-state index < -0.39 is 5.97 Å². The van der Waals surface area contributed by atoms with Crippen molar-refractivity contribution in [1.29, 1.82) is 0 Å². The molecular weight excluding hydrogens is 388 g/mol. The van der Waals surface area contributed by atoms with E-state index in [-0.39, 0.29) is 12.5 Å². The van der Waals surface area contributed by atoms with Crippen LogP contribution in [0.15, 0.2) is 47.4 Å². The van der Waals surface area contributed by atoms with Crippen molar-refractivity contribution in [2.75, 3.05) is 18.1 Å². The van der Waals surface area contributed by atoms with Crippen molar-refractivity contribution in [2.24, 2.45) is 0 Å². The molecule has 0 spiro atoms. The van der Waals surface area contributed by atoms with Gasteiger partial charge in [-0.05, 0) is 43.7 Å². The summed E-state index contributed by atoms with van der Waals surface area (Å²) in [5.74, 6) is -0.768. The molecule has 0 saturated carbocycles. The summed E-state index contributed by atoms with van der Waals surface area (Å²) >= 11 is 1.76. The average molecular weight is 410 g/mol. The number of para-hydroxylation sites is 1. The van der Waals surface area contributed by atoms with Gasteiger partial charge in [0.05, 0.1) is 16.8 Å². The van der Waals surface area contributed by atoms with Crippen LogP contribution in [0.5, 0.6) is 0 Å². The quantitative estimate of drug-likeness (QED) is 0.613. The van der Waals surface area contributed by atoms with Gasteiger partial charge in [0.25, 0.3) is 5.91 Å². The third-order valence-electron chi connectivity index (χ3n) is 4.92. The second-order valence-corrected chi connectivity index (χ2v) is 8.40. The number of esters is 1. The van der Waals surface area contributed by atoms with Gasteiger partial charge in [0, 0.05) is 23.2 Å². The van der Waals surface area contributed by atoms with Gasteiger partial charge in [0.2, 0.25) is 0 Å². The molecule has 0 fully saturated rings. The van der Waals surface area contributed by atoms with Crippen LogP contribution in [0.25, 0.3) is 11.0 Å². The highest BCUT2D eigenvalue weighted by atomic mass is 32.2. The second kappa shape index (κ2) is 8.24. The van der Waals surface area contributed by atoms with E-state index in [1.165, 1.54) is 0 Å². The maximum Gasteiger partial charge on any atom is 0.338 e. The molecular formula is C21H22N4O3S. The van der Waals surface area contributed by atoms with E-state index in [4.69, 9.17) is 4.74 Å². The third kappa shape index (κ3) is 3.98. The van der Waals surface area contributed by atoms with Gasteiger partial charge < -0.3 is 9.64 Å². The lowest BCUT2D eigenvalue weighted by atomic mass is 10.2. The Hall–Kier alpha value is -2.87. The Morgan fingerprint density at radius 2 is 2.07 bits per heavy atom. The summed E-state index contributed by atoms with van der Waals surface area (Å²) in [5, 5.41) is 8.53. The lowest BCUT2D eigenvalue weighted by Gasteiger charge is -2.22. The van der Waals surface area contributed by atoms with Crippen molar-refractivity contribution in [3.8, 4) is 0 Å². The Kier molecular flexibility index (Phi) is 5.53. The number of aromatic nitrogens is 3. The van der Waals surface area contributed by atoms with Crippen LogP contribution in [0.4, 0.5) is 5.69 Å². The number of amides is 1. The zero-order valence-electron chi connectivity index (χ0n) is 16.4. The number of fused-ring (bicyclic) bond motifs is 2. The monoisotopic (exact) mass is 410 g/mol. The first-order valence-corrected chi connectivity index (χ1v) is 10.5. The molecule has 3 aromatic rings. The Morgan fingerprint density at radius 1 is 1.24 bits per heavy atom. The van der Waals surface area contributed by atoms with Gasteiger partial charge >= 0.3 is 5.97 Å². The van der Waals surface area contributed by atoms with E-state index >= 15 is 0 Å². The van der Waals surface area contributed by atoms with Gasteiger partial charge in [-0.25, -0.2) is 9.48 Å². The number of carbonyl (C=O) groups is 2. The minimum absolute atomic E-state index is 0.224. The number of hydrogen-bond acceptors (Lipinski definition) is 6. The van der Waals surface area contributed by atoms with Crippen LogP contribution in [0.1, 0.15) is 30.6 Å². The van der Waals surface area contributed by atoms with E-state index in [0.29, 0.717) is 29.4 Å². The molecule has 4 rings (SSSR count). The van der Waals surface area contributed by atoms with E-state index in [2.05, 4.69) is 17.2 Å². The number of aryl methyl sites for hydroxylation is 1. The minimum atomic E-state index is -0.544. The van der Waals surface area contributed by atoms with Crippen molar-refractivity contribution in [3.05, 3.63) is 48.0 Å². The van der Waals surface area contributed by atoms with Crippen molar-refractivity contribution >= 4 is 40.4 Å². The molecule has 2 heterocycles. The molecule has 8 heteroatoms. The fraction of sp³-hybridized carbons (Fsp3) is 0.333. The first-order chi connectivity index (χ1) is 14.1. The predicted octanol–water partition coefficient (Wildman–Crippen LogP) is 3.53. The molecule has 1 amide bonds. The summed E-state index contributed by atoms with van der Waals surface area (Å²) in [6.45, 7) is 5.13. The van der Waals surface area contributed by atoms with Crippen LogP contribution in [0.3, 0.4) is 0 Å². The van der Waals surface area contributed by atoms with Crippen molar-refractivity contribution in [1.82, 2.24) is 15.0 Å². The molecule has 0 bridgehead atoms. The van der Waals surface area contributed by atoms with Crippen molar-refractivity contribution < 1.29 is 14.3 Å². The number of thioether (sulfide) groups is 1. The summed E-state index contributed by atoms with van der Waals surface area (Å²) in [4.78, 5) is 28.1. The first kappa shape index (κ1) is 19.4. The largest absolute Gasteiger partial charge is 0.452 e. The number of ether oxygens (including phenoxy) is 1. The molecule has 2 aromatic carbocycles. The number of carbonyl (C=O) groups excluding carboxylic acids is 2. The summed E-state index contributed by atoms with van der Waals surface area (Å²) in [6, 6.07) is 12.9. The van der Waals surface area contributed by atoms with E-state index in [9.17, 15) is 9.59 Å². The molecule has 1 aliphatic rings. The van der Waals surface area contributed by atoms with Crippen LogP contribution in [-0.4, -0.2) is 45.3 Å². The standard InChI is InChI=1S/C21H22N4O3S/c1-3-25-17-9-8-15(12-16(17)22-23-25)21(27)28-13-20(26)24-11-10-14(2)29-19-7-5-4-6-18(19)24/h4-9,12,14H,3,10-11,13H2,1-2H3/t14-/m1/s1.